The topological polar surface area (TPSA) is 35.5 Å². The second kappa shape index (κ2) is 5.80. The Morgan fingerprint density at radius 3 is 2.72 bits per heavy atom. The van der Waals surface area contributed by atoms with Gasteiger partial charge in [0.1, 0.15) is 11.6 Å². The molecular weight excluding hydrogens is 303 g/mol. The fraction of sp³-hybridized carbons (Fsp3) is 0.462. The van der Waals surface area contributed by atoms with Crippen molar-refractivity contribution in [3.8, 4) is 5.75 Å². The van der Waals surface area contributed by atoms with Gasteiger partial charge >= 0.3 is 0 Å². The van der Waals surface area contributed by atoms with E-state index in [2.05, 4.69) is 15.9 Å². The average Bonchev–Trinajstić information content (AvgIpc) is 2.41. The molecule has 1 aliphatic rings. The Balaban J connectivity index is 2.31. The quantitative estimate of drug-likeness (QED) is 0.803. The summed E-state index contributed by atoms with van der Waals surface area (Å²) in [5.74, 6) is -0.219. The molecule has 0 radical (unpaired) electrons. The van der Waals surface area contributed by atoms with Crippen molar-refractivity contribution in [2.24, 2.45) is 5.92 Å². The Bertz CT molecular complexity index is 456. The van der Waals surface area contributed by atoms with Gasteiger partial charge in [-0.3, -0.25) is 4.79 Å². The van der Waals surface area contributed by atoms with Crippen LogP contribution in [0.4, 0.5) is 4.39 Å². The maximum Gasteiger partial charge on any atom is 0.169 e. The number of methoxy groups -OCH3 is 1. The fourth-order valence-corrected chi connectivity index (χ4v) is 2.41. The normalized spacial score (nSPS) is 16.6. The number of hydrogen-bond donors (Lipinski definition) is 0. The third kappa shape index (κ3) is 2.72. The first-order valence-corrected chi connectivity index (χ1v) is 6.57. The van der Waals surface area contributed by atoms with Gasteiger partial charge in [0.05, 0.1) is 17.1 Å². The van der Waals surface area contributed by atoms with Gasteiger partial charge in [0.2, 0.25) is 0 Å². The van der Waals surface area contributed by atoms with Gasteiger partial charge in [-0.15, -0.1) is 0 Å². The minimum Gasteiger partial charge on any atom is -0.496 e. The van der Waals surface area contributed by atoms with Gasteiger partial charge in [0.25, 0.3) is 0 Å². The number of hydrogen-bond acceptors (Lipinski definition) is 3. The number of halogens is 2. The molecule has 3 nitrogen and oxygen atoms in total. The molecule has 0 saturated carbocycles. The van der Waals surface area contributed by atoms with E-state index < -0.39 is 5.82 Å². The molecule has 5 heteroatoms. The summed E-state index contributed by atoms with van der Waals surface area (Å²) in [6, 6.07) is 2.72. The maximum atomic E-state index is 13.4. The van der Waals surface area contributed by atoms with Crippen molar-refractivity contribution in [1.29, 1.82) is 0 Å². The largest absolute Gasteiger partial charge is 0.496 e. The minimum absolute atomic E-state index is 0.00384. The molecule has 18 heavy (non-hydrogen) atoms. The van der Waals surface area contributed by atoms with E-state index in [-0.39, 0.29) is 21.9 Å². The van der Waals surface area contributed by atoms with E-state index in [0.717, 1.165) is 0 Å². The molecule has 0 spiro atoms. The van der Waals surface area contributed by atoms with Crippen molar-refractivity contribution in [3.05, 3.63) is 28.0 Å². The number of ether oxygens (including phenoxy) is 2. The Morgan fingerprint density at radius 2 is 2.11 bits per heavy atom. The number of benzene rings is 1. The lowest BCUT2D eigenvalue weighted by molar-refractivity contribution is 0.0543. The van der Waals surface area contributed by atoms with Gasteiger partial charge in [-0.05, 0) is 34.8 Å². The summed E-state index contributed by atoms with van der Waals surface area (Å²) in [5, 5.41) is 0. The van der Waals surface area contributed by atoms with Gasteiger partial charge < -0.3 is 9.47 Å². The van der Waals surface area contributed by atoms with E-state index in [4.69, 9.17) is 9.47 Å². The van der Waals surface area contributed by atoms with Crippen molar-refractivity contribution >= 4 is 21.7 Å². The Morgan fingerprint density at radius 1 is 1.44 bits per heavy atom. The van der Waals surface area contributed by atoms with E-state index in [1.165, 1.54) is 19.2 Å². The van der Waals surface area contributed by atoms with Crippen LogP contribution >= 0.6 is 15.9 Å². The zero-order valence-electron chi connectivity index (χ0n) is 10.0. The number of ketones is 1. The molecule has 0 aromatic heterocycles. The average molecular weight is 317 g/mol. The second-order valence-electron chi connectivity index (χ2n) is 4.22. The predicted octanol–water partition coefficient (Wildman–Crippen LogP) is 3.21. The summed E-state index contributed by atoms with van der Waals surface area (Å²) in [4.78, 5) is 12.4. The number of rotatable bonds is 3. The van der Waals surface area contributed by atoms with Crippen LogP contribution in [0, 0.1) is 11.7 Å². The number of carbonyl (C=O) groups is 1. The maximum absolute atomic E-state index is 13.4. The summed E-state index contributed by atoms with van der Waals surface area (Å²) in [6.45, 7) is 1.20. The van der Waals surface area contributed by atoms with Crippen molar-refractivity contribution < 1.29 is 18.7 Å². The molecule has 0 amide bonds. The highest BCUT2D eigenvalue weighted by Crippen LogP contribution is 2.30. The highest BCUT2D eigenvalue weighted by Gasteiger charge is 2.26. The molecule has 2 rings (SSSR count). The first-order valence-electron chi connectivity index (χ1n) is 5.78. The smallest absolute Gasteiger partial charge is 0.169 e. The van der Waals surface area contributed by atoms with Crippen LogP contribution in [0.25, 0.3) is 0 Å². The lowest BCUT2D eigenvalue weighted by Crippen LogP contribution is -2.24. The highest BCUT2D eigenvalue weighted by atomic mass is 79.9. The van der Waals surface area contributed by atoms with E-state index >= 15 is 0 Å². The molecule has 1 fully saturated rings. The molecule has 1 aliphatic heterocycles. The second-order valence-corrected chi connectivity index (χ2v) is 5.07. The summed E-state index contributed by atoms with van der Waals surface area (Å²) in [5.41, 5.74) is 0.428. The van der Waals surface area contributed by atoms with Crippen LogP contribution in [-0.4, -0.2) is 26.1 Å². The molecule has 0 unspecified atom stereocenters. The van der Waals surface area contributed by atoms with Crippen LogP contribution in [0.1, 0.15) is 23.2 Å². The molecule has 0 bridgehead atoms. The third-order valence-corrected chi connectivity index (χ3v) is 3.71. The van der Waals surface area contributed by atoms with Crippen LogP contribution in [0.3, 0.4) is 0 Å². The van der Waals surface area contributed by atoms with E-state index in [9.17, 15) is 9.18 Å². The Hall–Kier alpha value is -0.940. The van der Waals surface area contributed by atoms with Gasteiger partial charge in [-0.25, -0.2) is 4.39 Å². The molecule has 98 valence electrons. The van der Waals surface area contributed by atoms with Gasteiger partial charge in [-0.2, -0.15) is 0 Å². The van der Waals surface area contributed by atoms with Gasteiger partial charge in [-0.1, -0.05) is 0 Å². The molecule has 0 N–H and O–H groups in total. The zero-order chi connectivity index (χ0) is 13.1. The summed E-state index contributed by atoms with van der Waals surface area (Å²) >= 11 is 3.09. The highest BCUT2D eigenvalue weighted by molar-refractivity contribution is 9.10. The predicted molar refractivity (Wildman–Crippen MR) is 68.5 cm³/mol. The zero-order valence-corrected chi connectivity index (χ0v) is 11.6. The monoisotopic (exact) mass is 316 g/mol. The van der Waals surface area contributed by atoms with Crippen molar-refractivity contribution in [2.75, 3.05) is 20.3 Å². The van der Waals surface area contributed by atoms with Crippen LogP contribution in [-0.2, 0) is 4.74 Å². The lowest BCUT2D eigenvalue weighted by atomic mass is 9.90. The Kier molecular flexibility index (Phi) is 4.35. The van der Waals surface area contributed by atoms with Crippen molar-refractivity contribution in [3.63, 3.8) is 0 Å². The first-order chi connectivity index (χ1) is 8.63. The lowest BCUT2D eigenvalue weighted by Gasteiger charge is -2.21. The fourth-order valence-electron chi connectivity index (χ4n) is 2.07. The molecule has 0 aliphatic carbocycles. The molecule has 1 aromatic rings. The molecule has 1 saturated heterocycles. The van der Waals surface area contributed by atoms with E-state index in [1.807, 2.05) is 0 Å². The van der Waals surface area contributed by atoms with Gasteiger partial charge in [0, 0.05) is 25.2 Å². The summed E-state index contributed by atoms with van der Waals surface area (Å²) < 4.78 is 24.0. The van der Waals surface area contributed by atoms with Crippen LogP contribution in [0.2, 0.25) is 0 Å². The van der Waals surface area contributed by atoms with E-state index in [0.29, 0.717) is 31.6 Å². The molecule has 1 aromatic carbocycles. The third-order valence-electron chi connectivity index (χ3n) is 3.10. The van der Waals surface area contributed by atoms with E-state index in [1.54, 1.807) is 0 Å². The summed E-state index contributed by atoms with van der Waals surface area (Å²) in [7, 11) is 1.43. The molecular formula is C13H14BrFO3. The van der Waals surface area contributed by atoms with Crippen LogP contribution in [0.15, 0.2) is 16.6 Å². The standard InChI is InChI=1S/C13H14BrFO3/c1-17-12-7-11(15)10(14)6-9(12)13(16)8-2-4-18-5-3-8/h6-8H,2-5H2,1H3. The van der Waals surface area contributed by atoms with Crippen LogP contribution in [0.5, 0.6) is 5.75 Å². The minimum atomic E-state index is -0.435. The molecule has 0 atom stereocenters. The summed E-state index contributed by atoms with van der Waals surface area (Å²) in [6.07, 6.45) is 1.41. The Labute approximate surface area is 113 Å². The molecule has 1 heterocycles. The number of carbonyl (C=O) groups excluding carboxylic acids is 1. The van der Waals surface area contributed by atoms with Gasteiger partial charge in [0.15, 0.2) is 5.78 Å². The first kappa shape index (κ1) is 13.5. The van der Waals surface area contributed by atoms with Crippen LogP contribution < -0.4 is 4.74 Å². The van der Waals surface area contributed by atoms with Crippen molar-refractivity contribution in [1.82, 2.24) is 0 Å². The number of Topliss-reactive ketones (excluding diaryl/α,β-unsaturated/α-hetero) is 1. The van der Waals surface area contributed by atoms with Crippen molar-refractivity contribution in [2.45, 2.75) is 12.8 Å². The SMILES string of the molecule is COc1cc(F)c(Br)cc1C(=O)C1CCOCC1.